The number of rotatable bonds is 3. The van der Waals surface area contributed by atoms with Crippen LogP contribution in [0.3, 0.4) is 0 Å². The van der Waals surface area contributed by atoms with Crippen molar-refractivity contribution in [3.05, 3.63) is 81.9 Å². The Balaban J connectivity index is 1.84. The van der Waals surface area contributed by atoms with Crippen LogP contribution in [0.25, 0.3) is 6.08 Å². The summed E-state index contributed by atoms with van der Waals surface area (Å²) in [5.74, 6) is -0.182. The van der Waals surface area contributed by atoms with Crippen LogP contribution in [-0.4, -0.2) is 11.6 Å². The molecule has 0 atom stereocenters. The van der Waals surface area contributed by atoms with Gasteiger partial charge in [-0.15, -0.1) is 0 Å². The van der Waals surface area contributed by atoms with E-state index in [1.54, 1.807) is 43.3 Å². The second kappa shape index (κ2) is 7.04. The summed E-state index contributed by atoms with van der Waals surface area (Å²) in [4.78, 5) is 12.6. The number of hydrogen-bond acceptors (Lipinski definition) is 2. The van der Waals surface area contributed by atoms with Crippen molar-refractivity contribution in [2.24, 2.45) is 5.10 Å². The van der Waals surface area contributed by atoms with E-state index in [4.69, 9.17) is 23.2 Å². The summed E-state index contributed by atoms with van der Waals surface area (Å²) in [6.45, 7) is 1.80. The van der Waals surface area contributed by atoms with E-state index in [2.05, 4.69) is 5.10 Å². The maximum atomic E-state index is 12.6. The number of hydrazone groups is 1. The van der Waals surface area contributed by atoms with Crippen molar-refractivity contribution in [2.75, 3.05) is 5.01 Å². The van der Waals surface area contributed by atoms with Gasteiger partial charge in [0, 0.05) is 10.0 Å². The molecular formula is C19H14Cl2N2O. The van der Waals surface area contributed by atoms with Crippen molar-refractivity contribution in [1.82, 2.24) is 0 Å². The first-order valence-corrected chi connectivity index (χ1v) is 8.10. The van der Waals surface area contributed by atoms with Crippen LogP contribution in [0.15, 0.2) is 71.4 Å². The molecule has 0 unspecified atom stereocenters. The van der Waals surface area contributed by atoms with Gasteiger partial charge < -0.3 is 0 Å². The highest BCUT2D eigenvalue weighted by molar-refractivity contribution is 6.32. The van der Waals surface area contributed by atoms with E-state index in [-0.39, 0.29) is 5.91 Å². The second-order valence-corrected chi connectivity index (χ2v) is 6.09. The van der Waals surface area contributed by atoms with Crippen LogP contribution in [0.4, 0.5) is 5.69 Å². The zero-order valence-electron chi connectivity index (χ0n) is 12.9. The molecule has 0 saturated carbocycles. The molecule has 24 heavy (non-hydrogen) atoms. The summed E-state index contributed by atoms with van der Waals surface area (Å²) in [5, 5.41) is 6.90. The molecule has 3 nitrogen and oxygen atoms in total. The SMILES string of the molecule is CC1=NN(c2cccc(Cl)c2)C(=O)C1=CC=Cc1ccccc1Cl. The van der Waals surface area contributed by atoms with E-state index < -0.39 is 0 Å². The minimum Gasteiger partial charge on any atom is -0.267 e. The molecule has 5 heteroatoms. The molecule has 120 valence electrons. The Morgan fingerprint density at radius 3 is 2.62 bits per heavy atom. The minimum absolute atomic E-state index is 0.182. The zero-order valence-corrected chi connectivity index (χ0v) is 14.4. The van der Waals surface area contributed by atoms with Crippen LogP contribution in [0.1, 0.15) is 12.5 Å². The molecule has 0 aliphatic carbocycles. The van der Waals surface area contributed by atoms with Gasteiger partial charge in [0.25, 0.3) is 5.91 Å². The average molecular weight is 357 g/mol. The van der Waals surface area contributed by atoms with Gasteiger partial charge in [0.1, 0.15) is 0 Å². The van der Waals surface area contributed by atoms with Gasteiger partial charge in [-0.2, -0.15) is 10.1 Å². The predicted molar refractivity (Wildman–Crippen MR) is 101 cm³/mol. The Kier molecular flexibility index (Phi) is 4.84. The molecule has 2 aromatic carbocycles. The zero-order chi connectivity index (χ0) is 17.1. The van der Waals surface area contributed by atoms with Gasteiger partial charge in [-0.05, 0) is 42.8 Å². The Labute approximate surface area is 150 Å². The Morgan fingerprint density at radius 2 is 1.88 bits per heavy atom. The number of benzene rings is 2. The van der Waals surface area contributed by atoms with Gasteiger partial charge in [0.05, 0.1) is 17.0 Å². The molecule has 1 amide bonds. The third kappa shape index (κ3) is 3.42. The number of amides is 1. The summed E-state index contributed by atoms with van der Waals surface area (Å²) >= 11 is 12.1. The fourth-order valence-corrected chi connectivity index (χ4v) is 2.73. The fraction of sp³-hybridized carbons (Fsp3) is 0.0526. The molecule has 2 aromatic rings. The van der Waals surface area contributed by atoms with Crippen LogP contribution in [0, 0.1) is 0 Å². The number of halogens is 2. The van der Waals surface area contributed by atoms with Gasteiger partial charge in [-0.3, -0.25) is 4.79 Å². The number of nitrogens with zero attached hydrogens (tertiary/aromatic N) is 2. The summed E-state index contributed by atoms with van der Waals surface area (Å²) < 4.78 is 0. The van der Waals surface area contributed by atoms with Gasteiger partial charge in [-0.1, -0.05) is 59.6 Å². The molecule has 0 spiro atoms. The van der Waals surface area contributed by atoms with E-state index in [0.717, 1.165) is 5.56 Å². The minimum atomic E-state index is -0.182. The lowest BCUT2D eigenvalue weighted by atomic mass is 10.1. The summed E-state index contributed by atoms with van der Waals surface area (Å²) in [7, 11) is 0. The van der Waals surface area contributed by atoms with Crippen LogP contribution in [0.2, 0.25) is 10.0 Å². The van der Waals surface area contributed by atoms with Crippen molar-refractivity contribution < 1.29 is 4.79 Å². The molecule has 0 aromatic heterocycles. The lowest BCUT2D eigenvalue weighted by Gasteiger charge is -2.11. The van der Waals surface area contributed by atoms with E-state index in [1.165, 1.54) is 5.01 Å². The van der Waals surface area contributed by atoms with Crippen molar-refractivity contribution in [1.29, 1.82) is 0 Å². The van der Waals surface area contributed by atoms with Crippen molar-refractivity contribution >= 4 is 46.6 Å². The first-order chi connectivity index (χ1) is 11.6. The third-order valence-electron chi connectivity index (χ3n) is 3.56. The number of anilines is 1. The van der Waals surface area contributed by atoms with E-state index in [1.807, 2.05) is 30.3 Å². The number of carbonyl (C=O) groups is 1. The molecule has 0 radical (unpaired) electrons. The Morgan fingerprint density at radius 1 is 1.08 bits per heavy atom. The van der Waals surface area contributed by atoms with Gasteiger partial charge in [-0.25, -0.2) is 0 Å². The molecule has 0 fully saturated rings. The maximum absolute atomic E-state index is 12.6. The van der Waals surface area contributed by atoms with Gasteiger partial charge in [0.2, 0.25) is 0 Å². The van der Waals surface area contributed by atoms with Crippen molar-refractivity contribution in [2.45, 2.75) is 6.92 Å². The van der Waals surface area contributed by atoms with Crippen LogP contribution < -0.4 is 5.01 Å². The highest BCUT2D eigenvalue weighted by atomic mass is 35.5. The topological polar surface area (TPSA) is 32.7 Å². The molecule has 0 N–H and O–H groups in total. The average Bonchev–Trinajstić information content (AvgIpc) is 2.84. The Bertz CT molecular complexity index is 884. The molecule has 0 bridgehead atoms. The lowest BCUT2D eigenvalue weighted by molar-refractivity contribution is -0.114. The lowest BCUT2D eigenvalue weighted by Crippen LogP contribution is -2.21. The third-order valence-corrected chi connectivity index (χ3v) is 4.14. The quantitative estimate of drug-likeness (QED) is 0.681. The van der Waals surface area contributed by atoms with Crippen molar-refractivity contribution in [3.8, 4) is 0 Å². The smallest absolute Gasteiger partial charge is 0.267 e. The van der Waals surface area contributed by atoms with Crippen LogP contribution in [-0.2, 0) is 4.79 Å². The van der Waals surface area contributed by atoms with Crippen LogP contribution >= 0.6 is 23.2 Å². The van der Waals surface area contributed by atoms with E-state index in [0.29, 0.717) is 27.0 Å². The molecular weight excluding hydrogens is 343 g/mol. The number of hydrogen-bond donors (Lipinski definition) is 0. The van der Waals surface area contributed by atoms with E-state index >= 15 is 0 Å². The first-order valence-electron chi connectivity index (χ1n) is 7.35. The highest BCUT2D eigenvalue weighted by Crippen LogP contribution is 2.26. The largest absolute Gasteiger partial charge is 0.280 e. The van der Waals surface area contributed by atoms with Crippen LogP contribution in [0.5, 0.6) is 0 Å². The van der Waals surface area contributed by atoms with Gasteiger partial charge in [0.15, 0.2) is 0 Å². The monoisotopic (exact) mass is 356 g/mol. The molecule has 0 saturated heterocycles. The summed E-state index contributed by atoms with van der Waals surface area (Å²) in [6, 6.07) is 14.6. The number of allylic oxidation sites excluding steroid dienone is 2. The summed E-state index contributed by atoms with van der Waals surface area (Å²) in [5.41, 5.74) is 2.73. The molecule has 3 rings (SSSR count). The normalized spacial score (nSPS) is 16.3. The van der Waals surface area contributed by atoms with E-state index in [9.17, 15) is 4.79 Å². The molecule has 1 aliphatic heterocycles. The maximum Gasteiger partial charge on any atom is 0.280 e. The van der Waals surface area contributed by atoms with Gasteiger partial charge >= 0.3 is 0 Å². The Hall–Kier alpha value is -2.36. The first kappa shape index (κ1) is 16.5. The second-order valence-electron chi connectivity index (χ2n) is 5.24. The standard InChI is InChI=1S/C19H14Cl2N2O/c1-13-17(10-4-7-14-6-2-3-11-18(14)21)19(24)23(22-13)16-9-5-8-15(20)12-16/h2-12H,1H3. The molecule has 1 heterocycles. The van der Waals surface area contributed by atoms with Crippen molar-refractivity contribution in [3.63, 3.8) is 0 Å². The highest BCUT2D eigenvalue weighted by Gasteiger charge is 2.28. The predicted octanol–water partition coefficient (Wildman–Crippen LogP) is 5.36. The molecule has 1 aliphatic rings. The number of carbonyl (C=O) groups excluding carboxylic acids is 1. The summed E-state index contributed by atoms with van der Waals surface area (Å²) in [6.07, 6.45) is 5.40. The fourth-order valence-electron chi connectivity index (χ4n) is 2.35.